The highest BCUT2D eigenvalue weighted by atomic mass is 32.2. The Morgan fingerprint density at radius 2 is 1.86 bits per heavy atom. The van der Waals surface area contributed by atoms with Crippen LogP contribution in [0.25, 0.3) is 0 Å². The van der Waals surface area contributed by atoms with E-state index in [9.17, 15) is 9.59 Å². The number of hydrogen-bond donors (Lipinski definition) is 1. The molecule has 0 aliphatic carbocycles. The van der Waals surface area contributed by atoms with Gasteiger partial charge in [0, 0.05) is 10.6 Å². The molecule has 6 heteroatoms. The number of nitrogens with zero attached hydrogens (tertiary/aromatic N) is 1. The van der Waals surface area contributed by atoms with Crippen molar-refractivity contribution in [3.05, 3.63) is 88.7 Å². The number of carbonyl (C=O) groups excluding carboxylic acids is 2. The van der Waals surface area contributed by atoms with Gasteiger partial charge in [0.05, 0.1) is 22.4 Å². The Balaban J connectivity index is 1.66. The molecule has 2 aromatic carbocycles. The molecule has 1 N–H and O–H groups in total. The molecule has 138 valence electrons. The Morgan fingerprint density at radius 1 is 1.00 bits per heavy atom. The Kier molecular flexibility index (Phi) is 3.87. The summed E-state index contributed by atoms with van der Waals surface area (Å²) in [6.45, 7) is 1.94. The summed E-state index contributed by atoms with van der Waals surface area (Å²) in [6.07, 6.45) is 1.57. The highest BCUT2D eigenvalue weighted by Gasteiger charge is 2.45. The number of hydrogen-bond acceptors (Lipinski definition) is 5. The Bertz CT molecular complexity index is 1130. The van der Waals surface area contributed by atoms with Crippen molar-refractivity contribution in [3.8, 4) is 0 Å². The maximum absolute atomic E-state index is 13.4. The van der Waals surface area contributed by atoms with Crippen LogP contribution in [-0.4, -0.2) is 11.8 Å². The minimum absolute atomic E-state index is 0.300. The van der Waals surface area contributed by atoms with E-state index in [4.69, 9.17) is 4.42 Å². The molecule has 2 amide bonds. The lowest BCUT2D eigenvalue weighted by Crippen LogP contribution is -2.33. The van der Waals surface area contributed by atoms with E-state index in [2.05, 4.69) is 5.32 Å². The number of imide groups is 1. The summed E-state index contributed by atoms with van der Waals surface area (Å²) in [5.41, 5.74) is 2.85. The van der Waals surface area contributed by atoms with Gasteiger partial charge >= 0.3 is 0 Å². The number of furan rings is 1. The van der Waals surface area contributed by atoms with E-state index < -0.39 is 6.04 Å². The normalized spacial score (nSPS) is 18.6. The summed E-state index contributed by atoms with van der Waals surface area (Å²) in [7, 11) is 0. The number of benzene rings is 2. The highest BCUT2D eigenvalue weighted by molar-refractivity contribution is 8.04. The first-order chi connectivity index (χ1) is 13.6. The van der Waals surface area contributed by atoms with Crippen LogP contribution < -0.4 is 10.2 Å². The van der Waals surface area contributed by atoms with Gasteiger partial charge in [0.25, 0.3) is 11.8 Å². The summed E-state index contributed by atoms with van der Waals surface area (Å²) in [6, 6.07) is 18.2. The molecule has 0 fully saturated rings. The maximum Gasteiger partial charge on any atom is 0.272 e. The van der Waals surface area contributed by atoms with Gasteiger partial charge in [-0.1, -0.05) is 36.0 Å². The average molecular weight is 388 g/mol. The molecule has 1 atom stereocenters. The van der Waals surface area contributed by atoms with Gasteiger partial charge < -0.3 is 9.73 Å². The smallest absolute Gasteiger partial charge is 0.272 e. The lowest BCUT2D eigenvalue weighted by Gasteiger charge is -2.21. The van der Waals surface area contributed by atoms with Crippen molar-refractivity contribution in [2.45, 2.75) is 17.9 Å². The number of para-hydroxylation sites is 1. The lowest BCUT2D eigenvalue weighted by molar-refractivity contribution is -0.120. The summed E-state index contributed by atoms with van der Waals surface area (Å²) < 4.78 is 5.61. The topological polar surface area (TPSA) is 62.6 Å². The maximum atomic E-state index is 13.4. The fourth-order valence-electron chi connectivity index (χ4n) is 3.56. The molecule has 0 radical (unpaired) electrons. The number of fused-ring (bicyclic) bond motifs is 1. The van der Waals surface area contributed by atoms with Crippen molar-refractivity contribution >= 4 is 35.0 Å². The molecule has 3 heterocycles. The summed E-state index contributed by atoms with van der Waals surface area (Å²) >= 11 is 1.33. The van der Waals surface area contributed by atoms with Crippen molar-refractivity contribution in [1.29, 1.82) is 0 Å². The zero-order chi connectivity index (χ0) is 19.3. The first-order valence-corrected chi connectivity index (χ1v) is 9.71. The van der Waals surface area contributed by atoms with E-state index in [1.165, 1.54) is 16.7 Å². The fourth-order valence-corrected chi connectivity index (χ4v) is 4.66. The van der Waals surface area contributed by atoms with Crippen LogP contribution in [0.3, 0.4) is 0 Å². The van der Waals surface area contributed by atoms with Crippen molar-refractivity contribution in [1.82, 2.24) is 0 Å². The Morgan fingerprint density at radius 3 is 2.64 bits per heavy atom. The molecular weight excluding hydrogens is 372 g/mol. The van der Waals surface area contributed by atoms with Gasteiger partial charge in [0.2, 0.25) is 0 Å². The van der Waals surface area contributed by atoms with Gasteiger partial charge in [-0.15, -0.1) is 0 Å². The second-order valence-corrected chi connectivity index (χ2v) is 7.77. The predicted octanol–water partition coefficient (Wildman–Crippen LogP) is 4.67. The number of aryl methyl sites for hydroxylation is 1. The Hall–Kier alpha value is -3.25. The van der Waals surface area contributed by atoms with E-state index in [0.717, 1.165) is 16.1 Å². The van der Waals surface area contributed by atoms with Gasteiger partial charge in [0.1, 0.15) is 11.8 Å². The zero-order valence-corrected chi connectivity index (χ0v) is 15.8. The quantitative estimate of drug-likeness (QED) is 0.646. The molecule has 0 unspecified atom stereocenters. The molecule has 0 spiro atoms. The molecule has 0 saturated carbocycles. The van der Waals surface area contributed by atoms with Crippen LogP contribution in [0.4, 0.5) is 11.4 Å². The number of nitrogens with one attached hydrogen (secondary N) is 1. The third-order valence-corrected chi connectivity index (χ3v) is 6.03. The predicted molar refractivity (Wildman–Crippen MR) is 108 cm³/mol. The van der Waals surface area contributed by atoms with Crippen LogP contribution in [0.2, 0.25) is 0 Å². The van der Waals surface area contributed by atoms with Gasteiger partial charge in [-0.05, 0) is 48.9 Å². The first kappa shape index (κ1) is 16.9. The van der Waals surface area contributed by atoms with Crippen LogP contribution in [-0.2, 0) is 9.59 Å². The molecule has 3 aromatic rings. The highest BCUT2D eigenvalue weighted by Crippen LogP contribution is 2.48. The molecule has 1 aromatic heterocycles. The molecule has 0 saturated heterocycles. The molecule has 5 rings (SSSR count). The Labute approximate surface area is 166 Å². The van der Waals surface area contributed by atoms with E-state index in [1.807, 2.05) is 55.5 Å². The van der Waals surface area contributed by atoms with Gasteiger partial charge in [-0.25, -0.2) is 4.90 Å². The van der Waals surface area contributed by atoms with Crippen LogP contribution in [0.1, 0.15) is 17.4 Å². The van der Waals surface area contributed by atoms with Gasteiger partial charge in [-0.2, -0.15) is 0 Å². The third-order valence-electron chi connectivity index (χ3n) is 4.85. The van der Waals surface area contributed by atoms with E-state index in [1.54, 1.807) is 18.4 Å². The largest absolute Gasteiger partial charge is 0.467 e. The molecule has 28 heavy (non-hydrogen) atoms. The number of carbonyl (C=O) groups is 2. The molecular formula is C22H16N2O3S. The van der Waals surface area contributed by atoms with Gasteiger partial charge in [-0.3, -0.25) is 9.59 Å². The van der Waals surface area contributed by atoms with Gasteiger partial charge in [0.15, 0.2) is 0 Å². The van der Waals surface area contributed by atoms with Crippen LogP contribution in [0.5, 0.6) is 0 Å². The van der Waals surface area contributed by atoms with Crippen LogP contribution in [0, 0.1) is 6.92 Å². The van der Waals surface area contributed by atoms with E-state index in [0.29, 0.717) is 21.9 Å². The summed E-state index contributed by atoms with van der Waals surface area (Å²) in [5, 5.41) is 3.40. The number of rotatable bonds is 2. The standard InChI is InChI=1S/C22H16N2O3S/c1-13-6-4-7-14(12-13)24-21(25)18-19(16-9-5-11-27-16)23-15-8-2-3-10-17(15)28-20(18)22(24)26/h2-12,19,23H,1H3/t19-/m1/s1. The minimum Gasteiger partial charge on any atom is -0.467 e. The third kappa shape index (κ3) is 2.57. The second kappa shape index (κ2) is 6.42. The SMILES string of the molecule is Cc1cccc(N2C(=O)C3=C(C2=O)[C@@H](c2ccco2)Nc2ccccc2S3)c1. The molecule has 2 aliphatic rings. The van der Waals surface area contributed by atoms with Crippen molar-refractivity contribution in [2.75, 3.05) is 10.2 Å². The lowest BCUT2D eigenvalue weighted by atomic mass is 10.0. The first-order valence-electron chi connectivity index (χ1n) is 8.90. The van der Waals surface area contributed by atoms with Crippen molar-refractivity contribution < 1.29 is 14.0 Å². The minimum atomic E-state index is -0.535. The number of thioether (sulfide) groups is 1. The van der Waals surface area contributed by atoms with E-state index in [-0.39, 0.29) is 11.8 Å². The summed E-state index contributed by atoms with van der Waals surface area (Å²) in [4.78, 5) is 29.3. The average Bonchev–Trinajstić information content (AvgIpc) is 3.24. The molecule has 5 nitrogen and oxygen atoms in total. The number of amides is 2. The van der Waals surface area contributed by atoms with Crippen molar-refractivity contribution in [2.24, 2.45) is 0 Å². The van der Waals surface area contributed by atoms with E-state index >= 15 is 0 Å². The monoisotopic (exact) mass is 388 g/mol. The molecule has 2 aliphatic heterocycles. The number of anilines is 2. The van der Waals surface area contributed by atoms with Crippen LogP contribution >= 0.6 is 11.8 Å². The van der Waals surface area contributed by atoms with Crippen LogP contribution in [0.15, 0.2) is 86.7 Å². The zero-order valence-electron chi connectivity index (χ0n) is 15.0. The molecule has 0 bridgehead atoms. The van der Waals surface area contributed by atoms with Crippen molar-refractivity contribution in [3.63, 3.8) is 0 Å². The second-order valence-electron chi connectivity index (χ2n) is 6.72. The summed E-state index contributed by atoms with van der Waals surface area (Å²) in [5.74, 6) is -0.0255. The fraction of sp³-hybridized carbons (Fsp3) is 0.0909.